The van der Waals surface area contributed by atoms with Crippen LogP contribution in [0.15, 0.2) is 17.8 Å². The minimum Gasteiger partial charge on any atom is -0.312 e. The fourth-order valence-corrected chi connectivity index (χ4v) is 4.77. The van der Waals surface area contributed by atoms with Crippen LogP contribution in [0.2, 0.25) is 0 Å². The maximum absolute atomic E-state index is 4.82. The minimum atomic E-state index is 0.203. The van der Waals surface area contributed by atoms with Gasteiger partial charge in [-0.1, -0.05) is 0 Å². The molecule has 2 atom stereocenters. The zero-order chi connectivity index (χ0) is 14.7. The third-order valence-electron chi connectivity index (χ3n) is 5.15. The second-order valence-electron chi connectivity index (χ2n) is 8.27. The Labute approximate surface area is 130 Å². The summed E-state index contributed by atoms with van der Waals surface area (Å²) in [6.07, 6.45) is 9.75. The van der Waals surface area contributed by atoms with E-state index in [0.717, 1.165) is 29.8 Å². The van der Waals surface area contributed by atoms with Gasteiger partial charge >= 0.3 is 0 Å². The van der Waals surface area contributed by atoms with Gasteiger partial charge in [0, 0.05) is 29.9 Å². The predicted molar refractivity (Wildman–Crippen MR) is 87.8 cm³/mol. The monoisotopic (exact) mass is 303 g/mol. The van der Waals surface area contributed by atoms with Crippen LogP contribution in [0, 0.1) is 17.3 Å². The molecular formula is C17H25N3S. The lowest BCUT2D eigenvalue weighted by molar-refractivity contribution is 0.220. The summed E-state index contributed by atoms with van der Waals surface area (Å²) < 4.78 is 2.17. The Kier molecular flexibility index (Phi) is 2.99. The molecule has 21 heavy (non-hydrogen) atoms. The van der Waals surface area contributed by atoms with Crippen LogP contribution in [0.1, 0.15) is 45.7 Å². The molecule has 2 aliphatic rings. The summed E-state index contributed by atoms with van der Waals surface area (Å²) in [6.45, 7) is 7.93. The normalized spacial score (nSPS) is 31.8. The summed E-state index contributed by atoms with van der Waals surface area (Å²) in [5.74, 6) is 2.02. The molecule has 2 aromatic heterocycles. The molecule has 4 rings (SSSR count). The second-order valence-corrected chi connectivity index (χ2v) is 9.14. The molecular weight excluding hydrogens is 278 g/mol. The molecule has 0 spiro atoms. The number of nitrogens with one attached hydrogen (secondary N) is 1. The number of hydrogen-bond acceptors (Lipinski definition) is 3. The van der Waals surface area contributed by atoms with E-state index in [-0.39, 0.29) is 5.54 Å². The first-order chi connectivity index (χ1) is 9.93. The summed E-state index contributed by atoms with van der Waals surface area (Å²) in [7, 11) is 0. The first kappa shape index (κ1) is 13.8. The number of thiazole rings is 1. The van der Waals surface area contributed by atoms with E-state index in [1.807, 2.05) is 0 Å². The van der Waals surface area contributed by atoms with Gasteiger partial charge in [-0.05, 0) is 63.7 Å². The third-order valence-corrected chi connectivity index (χ3v) is 5.92. The molecule has 0 radical (unpaired) electrons. The van der Waals surface area contributed by atoms with Crippen LogP contribution >= 0.6 is 11.3 Å². The fourth-order valence-electron chi connectivity index (χ4n) is 4.06. The highest BCUT2D eigenvalue weighted by Crippen LogP contribution is 2.60. The highest BCUT2D eigenvalue weighted by Gasteiger charge is 2.53. The number of imidazole rings is 1. The molecule has 0 amide bonds. The van der Waals surface area contributed by atoms with Crippen molar-refractivity contribution in [2.45, 2.75) is 52.0 Å². The maximum Gasteiger partial charge on any atom is 0.193 e. The Morgan fingerprint density at radius 3 is 2.81 bits per heavy atom. The van der Waals surface area contributed by atoms with Gasteiger partial charge in [-0.15, -0.1) is 11.3 Å². The van der Waals surface area contributed by atoms with Gasteiger partial charge < -0.3 is 5.32 Å². The molecule has 2 aromatic rings. The van der Waals surface area contributed by atoms with Gasteiger partial charge in [0.05, 0.1) is 5.69 Å². The van der Waals surface area contributed by atoms with Crippen LogP contribution in [0.25, 0.3) is 4.96 Å². The van der Waals surface area contributed by atoms with Gasteiger partial charge in [0.15, 0.2) is 4.96 Å². The van der Waals surface area contributed by atoms with E-state index >= 15 is 0 Å². The molecule has 2 unspecified atom stereocenters. The molecule has 0 aromatic carbocycles. The smallest absolute Gasteiger partial charge is 0.193 e. The Morgan fingerprint density at radius 1 is 1.38 bits per heavy atom. The Morgan fingerprint density at radius 2 is 2.14 bits per heavy atom. The van der Waals surface area contributed by atoms with Crippen molar-refractivity contribution >= 4 is 16.3 Å². The number of fused-ring (bicyclic) bond motifs is 2. The van der Waals surface area contributed by atoms with Gasteiger partial charge in [-0.25, -0.2) is 4.98 Å². The first-order valence-corrected chi connectivity index (χ1v) is 8.97. The van der Waals surface area contributed by atoms with E-state index in [1.165, 1.54) is 25.0 Å². The van der Waals surface area contributed by atoms with Crippen molar-refractivity contribution in [2.24, 2.45) is 17.3 Å². The number of hydrogen-bond donors (Lipinski definition) is 1. The van der Waals surface area contributed by atoms with Gasteiger partial charge in [-0.3, -0.25) is 4.40 Å². The van der Waals surface area contributed by atoms with E-state index in [9.17, 15) is 0 Å². The van der Waals surface area contributed by atoms with Crippen molar-refractivity contribution in [1.29, 1.82) is 0 Å². The van der Waals surface area contributed by atoms with Crippen LogP contribution < -0.4 is 5.32 Å². The standard InChI is InChI=1S/C17H25N3S/c1-16(2,3)18-11-17(7-12-6-13(12)8-17)9-14-10-20-4-5-21-15(20)19-14/h4-5,10,12-13,18H,6-9,11H2,1-3H3. The topological polar surface area (TPSA) is 29.3 Å². The minimum absolute atomic E-state index is 0.203. The average molecular weight is 303 g/mol. The van der Waals surface area contributed by atoms with Gasteiger partial charge in [0.25, 0.3) is 0 Å². The van der Waals surface area contributed by atoms with Crippen LogP contribution in [-0.4, -0.2) is 21.5 Å². The lowest BCUT2D eigenvalue weighted by Crippen LogP contribution is -2.44. The van der Waals surface area contributed by atoms with Crippen LogP contribution in [0.5, 0.6) is 0 Å². The van der Waals surface area contributed by atoms with Crippen molar-refractivity contribution in [3.63, 3.8) is 0 Å². The largest absolute Gasteiger partial charge is 0.312 e. The van der Waals surface area contributed by atoms with Crippen molar-refractivity contribution in [3.8, 4) is 0 Å². The summed E-state index contributed by atoms with van der Waals surface area (Å²) >= 11 is 1.73. The maximum atomic E-state index is 4.82. The fraction of sp³-hybridized carbons (Fsp3) is 0.706. The molecule has 1 N–H and O–H groups in total. The molecule has 114 valence electrons. The van der Waals surface area contributed by atoms with Crippen molar-refractivity contribution in [3.05, 3.63) is 23.5 Å². The highest BCUT2D eigenvalue weighted by molar-refractivity contribution is 7.15. The van der Waals surface area contributed by atoms with Crippen molar-refractivity contribution < 1.29 is 0 Å². The molecule has 0 saturated heterocycles. The molecule has 2 heterocycles. The lowest BCUT2D eigenvalue weighted by atomic mass is 9.78. The van der Waals surface area contributed by atoms with E-state index in [2.05, 4.69) is 48.3 Å². The average Bonchev–Trinajstić information content (AvgIpc) is 2.78. The van der Waals surface area contributed by atoms with Gasteiger partial charge in [0.1, 0.15) is 0 Å². The van der Waals surface area contributed by atoms with Crippen LogP contribution in [-0.2, 0) is 6.42 Å². The molecule has 3 nitrogen and oxygen atoms in total. The van der Waals surface area contributed by atoms with E-state index < -0.39 is 0 Å². The van der Waals surface area contributed by atoms with E-state index in [0.29, 0.717) is 5.41 Å². The quantitative estimate of drug-likeness (QED) is 0.932. The zero-order valence-corrected chi connectivity index (χ0v) is 14.0. The summed E-state index contributed by atoms with van der Waals surface area (Å²) in [5, 5.41) is 5.87. The summed E-state index contributed by atoms with van der Waals surface area (Å²) in [5.41, 5.74) is 1.91. The van der Waals surface area contributed by atoms with Gasteiger partial charge in [0.2, 0.25) is 0 Å². The SMILES string of the molecule is CC(C)(C)NCC1(Cc2cn3ccsc3n2)CC2CC2C1. The number of aromatic nitrogens is 2. The van der Waals surface area contributed by atoms with E-state index in [4.69, 9.17) is 4.98 Å². The molecule has 0 bridgehead atoms. The Bertz CT molecular complexity index is 610. The van der Waals surface area contributed by atoms with Crippen molar-refractivity contribution in [1.82, 2.24) is 14.7 Å². The Balaban J connectivity index is 1.53. The lowest BCUT2D eigenvalue weighted by Gasteiger charge is -2.34. The molecule has 0 aliphatic heterocycles. The zero-order valence-electron chi connectivity index (χ0n) is 13.2. The molecule has 2 fully saturated rings. The van der Waals surface area contributed by atoms with Crippen LogP contribution in [0.4, 0.5) is 0 Å². The molecule has 2 saturated carbocycles. The summed E-state index contributed by atoms with van der Waals surface area (Å²) in [6, 6.07) is 0. The predicted octanol–water partition coefficient (Wildman–Crippen LogP) is 3.74. The highest BCUT2D eigenvalue weighted by atomic mass is 32.1. The second kappa shape index (κ2) is 4.56. The van der Waals surface area contributed by atoms with E-state index in [1.54, 1.807) is 11.3 Å². The molecule has 2 aliphatic carbocycles. The van der Waals surface area contributed by atoms with Crippen molar-refractivity contribution in [2.75, 3.05) is 6.54 Å². The Hall–Kier alpha value is -0.870. The first-order valence-electron chi connectivity index (χ1n) is 8.09. The number of rotatable bonds is 4. The molecule has 4 heteroatoms. The third kappa shape index (κ3) is 2.76. The summed E-state index contributed by atoms with van der Waals surface area (Å²) in [4.78, 5) is 5.95. The number of nitrogens with zero attached hydrogens (tertiary/aromatic N) is 2. The van der Waals surface area contributed by atoms with Crippen LogP contribution in [0.3, 0.4) is 0 Å². The van der Waals surface area contributed by atoms with Gasteiger partial charge in [-0.2, -0.15) is 0 Å².